The van der Waals surface area contributed by atoms with Crippen LogP contribution in [-0.2, 0) is 4.79 Å². The number of carbonyl (C=O) groups excluding carboxylic acids is 2. The summed E-state index contributed by atoms with van der Waals surface area (Å²) < 4.78 is 17.0. The van der Waals surface area contributed by atoms with Crippen molar-refractivity contribution in [3.8, 4) is 22.8 Å². The van der Waals surface area contributed by atoms with Gasteiger partial charge in [0.15, 0.2) is 17.1 Å². The topological polar surface area (TPSA) is 98.0 Å². The largest absolute Gasteiger partial charge is 0.497 e. The maximum Gasteiger partial charge on any atom is 0.244 e. The zero-order valence-corrected chi connectivity index (χ0v) is 19.4. The number of ether oxygens (including phenoxy) is 2. The lowest BCUT2D eigenvalue weighted by atomic mass is 9.96. The average molecular weight is 472 g/mol. The minimum atomic E-state index is -0.343. The second-order valence-electron chi connectivity index (χ2n) is 7.68. The molecule has 0 aliphatic carbocycles. The van der Waals surface area contributed by atoms with Gasteiger partial charge in [-0.1, -0.05) is 30.3 Å². The summed E-state index contributed by atoms with van der Waals surface area (Å²) in [6.45, 7) is 0.0156. The fourth-order valence-corrected chi connectivity index (χ4v) is 3.75. The highest BCUT2D eigenvalue weighted by atomic mass is 16.5. The number of ketones is 1. The lowest BCUT2D eigenvalue weighted by molar-refractivity contribution is -0.116. The van der Waals surface area contributed by atoms with Crippen LogP contribution in [0.25, 0.3) is 28.4 Å². The zero-order chi connectivity index (χ0) is 24.8. The van der Waals surface area contributed by atoms with Crippen LogP contribution < -0.4 is 14.8 Å². The third kappa shape index (κ3) is 5.10. The Morgan fingerprint density at radius 2 is 1.74 bits per heavy atom. The number of furan rings is 1. The molecule has 0 radical (unpaired) electrons. The molecule has 35 heavy (non-hydrogen) atoms. The van der Waals surface area contributed by atoms with Gasteiger partial charge in [0.1, 0.15) is 11.5 Å². The Labute approximate surface area is 202 Å². The number of rotatable bonds is 9. The van der Waals surface area contributed by atoms with E-state index < -0.39 is 0 Å². The predicted molar refractivity (Wildman–Crippen MR) is 134 cm³/mol. The second-order valence-corrected chi connectivity index (χ2v) is 7.68. The summed E-state index contributed by atoms with van der Waals surface area (Å²) in [5, 5.41) is 12.0. The van der Waals surface area contributed by atoms with Crippen molar-refractivity contribution in [1.29, 1.82) is 0 Å². The lowest BCUT2D eigenvalue weighted by Crippen LogP contribution is -2.24. The molecule has 4 aromatic rings. The van der Waals surface area contributed by atoms with Gasteiger partial charge in [-0.05, 0) is 48.0 Å². The Kier molecular flexibility index (Phi) is 7.28. The maximum atomic E-state index is 13.8. The van der Waals surface area contributed by atoms with Gasteiger partial charge in [0.05, 0.1) is 26.4 Å². The van der Waals surface area contributed by atoms with Crippen molar-refractivity contribution in [2.45, 2.75) is 0 Å². The molecule has 1 heterocycles. The number of carbonyl (C=O) groups is 2. The number of amides is 1. The minimum Gasteiger partial charge on any atom is -0.497 e. The van der Waals surface area contributed by atoms with Crippen molar-refractivity contribution in [2.24, 2.45) is 0 Å². The van der Waals surface area contributed by atoms with Crippen LogP contribution in [0.15, 0.2) is 77.2 Å². The molecule has 0 fully saturated rings. The van der Waals surface area contributed by atoms with Crippen molar-refractivity contribution in [3.05, 3.63) is 89.5 Å². The normalized spacial score (nSPS) is 11.1. The highest BCUT2D eigenvalue weighted by molar-refractivity contribution is 6.20. The highest BCUT2D eigenvalue weighted by Crippen LogP contribution is 2.40. The molecule has 7 heteroatoms. The summed E-state index contributed by atoms with van der Waals surface area (Å²) in [5.74, 6) is 0.958. The van der Waals surface area contributed by atoms with Gasteiger partial charge in [0.2, 0.25) is 5.91 Å². The van der Waals surface area contributed by atoms with Crippen LogP contribution in [0.1, 0.15) is 21.5 Å². The van der Waals surface area contributed by atoms with Crippen LogP contribution >= 0.6 is 0 Å². The fourth-order valence-electron chi connectivity index (χ4n) is 3.75. The first-order valence-electron chi connectivity index (χ1n) is 11.0. The van der Waals surface area contributed by atoms with Crippen LogP contribution in [0.5, 0.6) is 11.5 Å². The minimum absolute atomic E-state index is 0.145. The molecule has 7 nitrogen and oxygen atoms in total. The summed E-state index contributed by atoms with van der Waals surface area (Å²) in [7, 11) is 3.09. The van der Waals surface area contributed by atoms with Crippen molar-refractivity contribution >= 4 is 28.7 Å². The first kappa shape index (κ1) is 23.8. The third-order valence-corrected chi connectivity index (χ3v) is 5.45. The summed E-state index contributed by atoms with van der Waals surface area (Å²) >= 11 is 0. The molecule has 0 saturated heterocycles. The van der Waals surface area contributed by atoms with Gasteiger partial charge in [0.25, 0.3) is 0 Å². The maximum absolute atomic E-state index is 13.8. The molecule has 3 aromatic carbocycles. The first-order valence-corrected chi connectivity index (χ1v) is 11.0. The molecule has 1 amide bonds. The number of benzene rings is 3. The molecule has 0 aliphatic rings. The van der Waals surface area contributed by atoms with Crippen molar-refractivity contribution in [3.63, 3.8) is 0 Å². The second kappa shape index (κ2) is 10.7. The highest BCUT2D eigenvalue weighted by Gasteiger charge is 2.25. The van der Waals surface area contributed by atoms with E-state index in [1.54, 1.807) is 49.6 Å². The van der Waals surface area contributed by atoms with E-state index in [4.69, 9.17) is 19.0 Å². The number of aliphatic hydroxyl groups excluding tert-OH is 1. The van der Waals surface area contributed by atoms with Crippen LogP contribution in [0, 0.1) is 0 Å². The molecule has 0 unspecified atom stereocenters. The molecule has 0 saturated carbocycles. The molecule has 0 aliphatic heterocycles. The van der Waals surface area contributed by atoms with Gasteiger partial charge in [-0.15, -0.1) is 0 Å². The smallest absolute Gasteiger partial charge is 0.244 e. The SMILES string of the molecule is COc1ccc(C(=O)c2c(-c3ccccc3)oc3c(OC)cc(C=CC(=O)NCCO)cc23)cc1. The molecule has 4 rings (SSSR count). The van der Waals surface area contributed by atoms with E-state index in [0.29, 0.717) is 44.9 Å². The van der Waals surface area contributed by atoms with E-state index >= 15 is 0 Å². The van der Waals surface area contributed by atoms with Crippen molar-refractivity contribution in [2.75, 3.05) is 27.4 Å². The zero-order valence-electron chi connectivity index (χ0n) is 19.4. The third-order valence-electron chi connectivity index (χ3n) is 5.45. The van der Waals surface area contributed by atoms with Crippen LogP contribution in [-0.4, -0.2) is 44.2 Å². The number of hydrogen-bond donors (Lipinski definition) is 2. The number of aliphatic hydroxyl groups is 1. The standard InChI is InChI=1S/C28H25NO6/c1-33-21-11-9-19(10-12-21)26(32)25-22-16-18(8-13-24(31)29-14-15-30)17-23(34-2)28(22)35-27(25)20-6-4-3-5-7-20/h3-13,16-17,30H,14-15H2,1-2H3,(H,29,31). The summed E-state index contributed by atoms with van der Waals surface area (Å²) in [4.78, 5) is 25.7. The van der Waals surface area contributed by atoms with Gasteiger partial charge >= 0.3 is 0 Å². The predicted octanol–water partition coefficient (Wildman–Crippen LogP) is 4.47. The number of hydrogen-bond acceptors (Lipinski definition) is 6. The average Bonchev–Trinajstić information content (AvgIpc) is 3.29. The molecule has 0 atom stereocenters. The Morgan fingerprint density at radius 1 is 1.00 bits per heavy atom. The van der Waals surface area contributed by atoms with Gasteiger partial charge < -0.3 is 24.3 Å². The van der Waals surface area contributed by atoms with Crippen LogP contribution in [0.2, 0.25) is 0 Å². The first-order chi connectivity index (χ1) is 17.0. The van der Waals surface area contributed by atoms with Crippen molar-refractivity contribution < 1.29 is 28.6 Å². The van der Waals surface area contributed by atoms with Gasteiger partial charge in [-0.25, -0.2) is 0 Å². The number of fused-ring (bicyclic) bond motifs is 1. The Hall–Kier alpha value is -4.36. The molecular weight excluding hydrogens is 446 g/mol. The Bertz CT molecular complexity index is 1370. The molecule has 0 bridgehead atoms. The quantitative estimate of drug-likeness (QED) is 0.276. The molecule has 0 spiro atoms. The molecular formula is C28H25NO6. The Balaban J connectivity index is 1.89. The summed E-state index contributed by atoms with van der Waals surface area (Å²) in [6.07, 6.45) is 2.98. The molecule has 178 valence electrons. The monoisotopic (exact) mass is 471 g/mol. The van der Waals surface area contributed by atoms with Crippen LogP contribution in [0.3, 0.4) is 0 Å². The summed E-state index contributed by atoms with van der Waals surface area (Å²) in [6, 6.07) is 19.8. The van der Waals surface area contributed by atoms with E-state index in [1.165, 1.54) is 13.2 Å². The van der Waals surface area contributed by atoms with E-state index in [-0.39, 0.29) is 24.8 Å². The fraction of sp³-hybridized carbons (Fsp3) is 0.143. The Morgan fingerprint density at radius 3 is 2.40 bits per heavy atom. The van der Waals surface area contributed by atoms with Crippen LogP contribution in [0.4, 0.5) is 0 Å². The number of methoxy groups -OCH3 is 2. The van der Waals surface area contributed by atoms with E-state index in [0.717, 1.165) is 5.56 Å². The molecule has 1 aromatic heterocycles. The van der Waals surface area contributed by atoms with E-state index in [9.17, 15) is 9.59 Å². The van der Waals surface area contributed by atoms with Gasteiger partial charge in [-0.2, -0.15) is 0 Å². The van der Waals surface area contributed by atoms with Crippen molar-refractivity contribution in [1.82, 2.24) is 5.32 Å². The van der Waals surface area contributed by atoms with E-state index in [2.05, 4.69) is 5.32 Å². The van der Waals surface area contributed by atoms with E-state index in [1.807, 2.05) is 30.3 Å². The number of nitrogens with one attached hydrogen (secondary N) is 1. The molecule has 2 N–H and O–H groups in total. The van der Waals surface area contributed by atoms with Gasteiger partial charge in [-0.3, -0.25) is 9.59 Å². The summed E-state index contributed by atoms with van der Waals surface area (Å²) in [5.41, 5.74) is 2.72. The lowest BCUT2D eigenvalue weighted by Gasteiger charge is -2.06. The van der Waals surface area contributed by atoms with Gasteiger partial charge in [0, 0.05) is 29.1 Å².